The summed E-state index contributed by atoms with van der Waals surface area (Å²) in [4.78, 5) is 28.6. The van der Waals surface area contributed by atoms with Crippen LogP contribution in [0.5, 0.6) is 0 Å². The van der Waals surface area contributed by atoms with Crippen molar-refractivity contribution in [1.29, 1.82) is 0 Å². The summed E-state index contributed by atoms with van der Waals surface area (Å²) >= 11 is 0. The van der Waals surface area contributed by atoms with Crippen LogP contribution in [0.2, 0.25) is 0 Å². The normalized spacial score (nSPS) is 16.3. The van der Waals surface area contributed by atoms with E-state index in [0.717, 1.165) is 44.7 Å². The standard InChI is InChI=1S/C20H30FN3O2/c1-3-16(17-5-7-18(21)8-6-17)15-19(25)22-10-9-20(26)24-13-11-23(4-2)12-14-24/h5-8,16H,3-4,9-15H2,1-2H3,(H,22,25). The minimum atomic E-state index is -0.272. The van der Waals surface area contributed by atoms with Gasteiger partial charge in [-0.05, 0) is 36.6 Å². The van der Waals surface area contributed by atoms with E-state index in [0.29, 0.717) is 19.4 Å². The van der Waals surface area contributed by atoms with E-state index >= 15 is 0 Å². The first kappa shape index (κ1) is 20.4. The number of likely N-dealkylation sites (N-methyl/N-ethyl adjacent to an activating group) is 1. The first-order chi connectivity index (χ1) is 12.5. The lowest BCUT2D eigenvalue weighted by Crippen LogP contribution is -2.49. The molecule has 1 aliphatic rings. The second-order valence-electron chi connectivity index (χ2n) is 6.78. The first-order valence-electron chi connectivity index (χ1n) is 9.55. The van der Waals surface area contributed by atoms with Crippen LogP contribution in [0.15, 0.2) is 24.3 Å². The van der Waals surface area contributed by atoms with Crippen molar-refractivity contribution in [2.24, 2.45) is 0 Å². The number of nitrogens with zero attached hydrogens (tertiary/aromatic N) is 2. The number of hydrogen-bond donors (Lipinski definition) is 1. The van der Waals surface area contributed by atoms with E-state index < -0.39 is 0 Å². The summed E-state index contributed by atoms with van der Waals surface area (Å²) in [6.45, 7) is 8.90. The molecule has 1 N–H and O–H groups in total. The number of nitrogens with one attached hydrogen (secondary N) is 1. The molecule has 1 atom stereocenters. The van der Waals surface area contributed by atoms with Crippen molar-refractivity contribution in [2.75, 3.05) is 39.3 Å². The Kier molecular flexibility index (Phi) is 8.04. The molecule has 1 saturated heterocycles. The minimum absolute atomic E-state index is 0.0634. The number of amides is 2. The Balaban J connectivity index is 1.71. The van der Waals surface area contributed by atoms with E-state index in [1.54, 1.807) is 12.1 Å². The molecule has 1 unspecified atom stereocenters. The van der Waals surface area contributed by atoms with Crippen molar-refractivity contribution in [3.63, 3.8) is 0 Å². The Labute approximate surface area is 155 Å². The fourth-order valence-electron chi connectivity index (χ4n) is 3.31. The molecule has 1 aliphatic heterocycles. The summed E-state index contributed by atoms with van der Waals surface area (Å²) in [6, 6.07) is 6.31. The van der Waals surface area contributed by atoms with Gasteiger partial charge in [0, 0.05) is 45.6 Å². The summed E-state index contributed by atoms with van der Waals surface area (Å²) in [6.07, 6.45) is 1.50. The predicted molar refractivity (Wildman–Crippen MR) is 100 cm³/mol. The molecule has 1 fully saturated rings. The Bertz CT molecular complexity index is 583. The number of halogens is 1. The van der Waals surface area contributed by atoms with Gasteiger partial charge in [-0.2, -0.15) is 0 Å². The van der Waals surface area contributed by atoms with E-state index in [9.17, 15) is 14.0 Å². The second kappa shape index (κ2) is 10.3. The highest BCUT2D eigenvalue weighted by Crippen LogP contribution is 2.23. The van der Waals surface area contributed by atoms with Crippen LogP contribution < -0.4 is 5.32 Å². The van der Waals surface area contributed by atoms with Crippen LogP contribution in [0.25, 0.3) is 0 Å². The molecule has 5 nitrogen and oxygen atoms in total. The largest absolute Gasteiger partial charge is 0.356 e. The molecule has 2 amide bonds. The van der Waals surface area contributed by atoms with Crippen LogP contribution in [0.1, 0.15) is 44.6 Å². The molecule has 1 aromatic carbocycles. The maximum absolute atomic E-state index is 13.0. The summed E-state index contributed by atoms with van der Waals surface area (Å²) in [5.74, 6) is -0.170. The highest BCUT2D eigenvalue weighted by atomic mass is 19.1. The molecule has 2 rings (SSSR count). The topological polar surface area (TPSA) is 52.7 Å². The summed E-state index contributed by atoms with van der Waals surface area (Å²) in [5.41, 5.74) is 0.967. The highest BCUT2D eigenvalue weighted by Gasteiger charge is 2.20. The second-order valence-corrected chi connectivity index (χ2v) is 6.78. The molecular formula is C20H30FN3O2. The fraction of sp³-hybridized carbons (Fsp3) is 0.600. The van der Waals surface area contributed by atoms with Crippen LogP contribution in [-0.4, -0.2) is 60.9 Å². The lowest BCUT2D eigenvalue weighted by atomic mass is 9.93. The zero-order chi connectivity index (χ0) is 18.9. The van der Waals surface area contributed by atoms with Gasteiger partial charge in [0.2, 0.25) is 11.8 Å². The van der Waals surface area contributed by atoms with Crippen LogP contribution in [0.4, 0.5) is 4.39 Å². The van der Waals surface area contributed by atoms with Crippen LogP contribution in [-0.2, 0) is 9.59 Å². The third kappa shape index (κ3) is 6.09. The Morgan fingerprint density at radius 3 is 2.35 bits per heavy atom. The number of benzene rings is 1. The molecule has 1 aromatic rings. The Morgan fingerprint density at radius 2 is 1.77 bits per heavy atom. The lowest BCUT2D eigenvalue weighted by Gasteiger charge is -2.34. The first-order valence-corrected chi connectivity index (χ1v) is 9.55. The van der Waals surface area contributed by atoms with Crippen molar-refractivity contribution in [3.05, 3.63) is 35.6 Å². The van der Waals surface area contributed by atoms with E-state index in [4.69, 9.17) is 0 Å². The van der Waals surface area contributed by atoms with E-state index in [1.165, 1.54) is 12.1 Å². The maximum atomic E-state index is 13.0. The molecule has 26 heavy (non-hydrogen) atoms. The van der Waals surface area contributed by atoms with Gasteiger partial charge >= 0.3 is 0 Å². The summed E-state index contributed by atoms with van der Waals surface area (Å²) in [7, 11) is 0. The number of carbonyl (C=O) groups excluding carboxylic acids is 2. The van der Waals surface area contributed by atoms with Crippen LogP contribution in [0, 0.1) is 5.82 Å². The zero-order valence-corrected chi connectivity index (χ0v) is 15.8. The lowest BCUT2D eigenvalue weighted by molar-refractivity contribution is -0.132. The van der Waals surface area contributed by atoms with Crippen LogP contribution in [0.3, 0.4) is 0 Å². The van der Waals surface area contributed by atoms with Crippen molar-refractivity contribution < 1.29 is 14.0 Å². The van der Waals surface area contributed by atoms with Gasteiger partial charge < -0.3 is 15.1 Å². The molecule has 0 spiro atoms. The molecule has 6 heteroatoms. The third-order valence-electron chi connectivity index (χ3n) is 5.10. The fourth-order valence-corrected chi connectivity index (χ4v) is 3.31. The van der Waals surface area contributed by atoms with E-state index in [2.05, 4.69) is 17.1 Å². The molecule has 0 aliphatic carbocycles. The zero-order valence-electron chi connectivity index (χ0n) is 15.8. The quantitative estimate of drug-likeness (QED) is 0.772. The van der Waals surface area contributed by atoms with Gasteiger partial charge in [0.05, 0.1) is 0 Å². The molecule has 0 saturated carbocycles. The highest BCUT2D eigenvalue weighted by molar-refractivity contribution is 5.79. The van der Waals surface area contributed by atoms with E-state index in [-0.39, 0.29) is 23.5 Å². The van der Waals surface area contributed by atoms with Gasteiger partial charge in [0.1, 0.15) is 5.82 Å². The molecular weight excluding hydrogens is 333 g/mol. The summed E-state index contributed by atoms with van der Waals surface area (Å²) in [5, 5.41) is 2.85. The number of hydrogen-bond acceptors (Lipinski definition) is 3. The van der Waals surface area contributed by atoms with Crippen molar-refractivity contribution >= 4 is 11.8 Å². The van der Waals surface area contributed by atoms with Gasteiger partial charge in [0.15, 0.2) is 0 Å². The maximum Gasteiger partial charge on any atom is 0.224 e. The molecule has 0 radical (unpaired) electrons. The number of piperazine rings is 1. The molecule has 1 heterocycles. The van der Waals surface area contributed by atoms with E-state index in [1.807, 2.05) is 11.8 Å². The Morgan fingerprint density at radius 1 is 1.12 bits per heavy atom. The van der Waals surface area contributed by atoms with Crippen molar-refractivity contribution in [1.82, 2.24) is 15.1 Å². The van der Waals surface area contributed by atoms with Crippen molar-refractivity contribution in [3.8, 4) is 0 Å². The average Bonchev–Trinajstić information content (AvgIpc) is 2.67. The smallest absolute Gasteiger partial charge is 0.224 e. The number of rotatable bonds is 8. The molecule has 0 aromatic heterocycles. The van der Waals surface area contributed by atoms with Gasteiger partial charge in [-0.25, -0.2) is 4.39 Å². The van der Waals surface area contributed by atoms with Gasteiger partial charge in [-0.15, -0.1) is 0 Å². The SMILES string of the molecule is CCC(CC(=O)NCCC(=O)N1CCN(CC)CC1)c1ccc(F)cc1. The number of carbonyl (C=O) groups is 2. The van der Waals surface area contributed by atoms with Crippen LogP contribution >= 0.6 is 0 Å². The van der Waals surface area contributed by atoms with Gasteiger partial charge in [0.25, 0.3) is 0 Å². The van der Waals surface area contributed by atoms with Crippen molar-refractivity contribution in [2.45, 2.75) is 39.0 Å². The van der Waals surface area contributed by atoms with Gasteiger partial charge in [-0.1, -0.05) is 26.0 Å². The predicted octanol–water partition coefficient (Wildman–Crippen LogP) is 2.38. The Hall–Kier alpha value is -1.95. The molecule has 0 bridgehead atoms. The average molecular weight is 363 g/mol. The monoisotopic (exact) mass is 363 g/mol. The van der Waals surface area contributed by atoms with Gasteiger partial charge in [-0.3, -0.25) is 9.59 Å². The summed E-state index contributed by atoms with van der Waals surface area (Å²) < 4.78 is 13.0. The molecule has 144 valence electrons. The minimum Gasteiger partial charge on any atom is -0.356 e. The third-order valence-corrected chi connectivity index (χ3v) is 5.10.